The van der Waals surface area contributed by atoms with Gasteiger partial charge in [0.1, 0.15) is 6.10 Å². The molecule has 9 heavy (non-hydrogen) atoms. The van der Waals surface area contributed by atoms with Crippen LogP contribution in [0, 0.1) is 0 Å². The monoisotopic (exact) mass is 130 g/mol. The van der Waals surface area contributed by atoms with Gasteiger partial charge in [-0.15, -0.1) is 0 Å². The van der Waals surface area contributed by atoms with Crippen LogP contribution in [0.3, 0.4) is 0 Å². The molecule has 1 atom stereocenters. The van der Waals surface area contributed by atoms with Gasteiger partial charge >= 0.3 is 0 Å². The first-order valence-corrected chi connectivity index (χ1v) is 3.20. The second kappa shape index (κ2) is 3.62. The van der Waals surface area contributed by atoms with Crippen molar-refractivity contribution >= 4 is 5.78 Å². The van der Waals surface area contributed by atoms with Crippen molar-refractivity contribution in [2.24, 2.45) is 0 Å². The third-order valence-corrected chi connectivity index (χ3v) is 1.05. The van der Waals surface area contributed by atoms with E-state index in [9.17, 15) is 4.79 Å². The Hall–Kier alpha value is -0.370. The molecule has 0 fully saturated rings. The van der Waals surface area contributed by atoms with Gasteiger partial charge in [0, 0.05) is 0 Å². The summed E-state index contributed by atoms with van der Waals surface area (Å²) in [5, 5.41) is 0. The van der Waals surface area contributed by atoms with Crippen molar-refractivity contribution in [3.05, 3.63) is 0 Å². The number of rotatable bonds is 3. The fraction of sp³-hybridized carbons (Fsp3) is 0.857. The summed E-state index contributed by atoms with van der Waals surface area (Å²) in [5.74, 6) is 0.0868. The van der Waals surface area contributed by atoms with Crippen LogP contribution >= 0.6 is 0 Å². The van der Waals surface area contributed by atoms with Crippen molar-refractivity contribution in [2.75, 3.05) is 0 Å². The molecule has 54 valence electrons. The molecule has 0 saturated carbocycles. The normalized spacial score (nSPS) is 13.9. The minimum absolute atomic E-state index is 0.0868. The highest BCUT2D eigenvalue weighted by Gasteiger charge is 2.08. The average molecular weight is 130 g/mol. The van der Waals surface area contributed by atoms with Crippen LogP contribution < -0.4 is 0 Å². The van der Waals surface area contributed by atoms with E-state index in [1.807, 2.05) is 13.8 Å². The maximum atomic E-state index is 10.6. The van der Waals surface area contributed by atoms with Crippen LogP contribution in [0.25, 0.3) is 0 Å². The molecule has 0 aliphatic rings. The van der Waals surface area contributed by atoms with Gasteiger partial charge in [-0.25, -0.2) is 0 Å². The van der Waals surface area contributed by atoms with Crippen molar-refractivity contribution in [3.8, 4) is 0 Å². The summed E-state index contributed by atoms with van der Waals surface area (Å²) in [6, 6.07) is 0. The smallest absolute Gasteiger partial charge is 0.158 e. The van der Waals surface area contributed by atoms with Crippen LogP contribution in [0.5, 0.6) is 0 Å². The number of ether oxygens (including phenoxy) is 1. The predicted octanol–water partition coefficient (Wildman–Crippen LogP) is 1.39. The fourth-order valence-corrected chi connectivity index (χ4v) is 0.504. The zero-order chi connectivity index (χ0) is 7.44. The molecule has 0 aromatic rings. The SMILES string of the molecule is CC(=O)[C@H](C)OC(C)C. The molecule has 0 N–H and O–H groups in total. The zero-order valence-electron chi connectivity index (χ0n) is 6.47. The van der Waals surface area contributed by atoms with Crippen molar-refractivity contribution in [3.63, 3.8) is 0 Å². The van der Waals surface area contributed by atoms with Crippen LogP contribution in [0.2, 0.25) is 0 Å². The van der Waals surface area contributed by atoms with Gasteiger partial charge in [-0.1, -0.05) is 0 Å². The van der Waals surface area contributed by atoms with Crippen LogP contribution in [0.15, 0.2) is 0 Å². The van der Waals surface area contributed by atoms with E-state index in [0.717, 1.165) is 0 Å². The Morgan fingerprint density at radius 3 is 1.89 bits per heavy atom. The second-order valence-electron chi connectivity index (χ2n) is 2.44. The molecule has 0 spiro atoms. The number of ketones is 1. The Labute approximate surface area is 56.2 Å². The molecule has 0 aromatic carbocycles. The molecule has 0 unspecified atom stereocenters. The lowest BCUT2D eigenvalue weighted by Gasteiger charge is -2.11. The van der Waals surface area contributed by atoms with E-state index in [4.69, 9.17) is 4.74 Å². The Bertz CT molecular complexity index is 97.1. The van der Waals surface area contributed by atoms with Gasteiger partial charge in [-0.3, -0.25) is 4.79 Å². The van der Waals surface area contributed by atoms with Gasteiger partial charge < -0.3 is 4.74 Å². The average Bonchev–Trinajstić information content (AvgIpc) is 1.63. The van der Waals surface area contributed by atoms with Crippen molar-refractivity contribution in [1.29, 1.82) is 0 Å². The van der Waals surface area contributed by atoms with E-state index in [1.54, 1.807) is 6.92 Å². The van der Waals surface area contributed by atoms with Crippen molar-refractivity contribution < 1.29 is 9.53 Å². The molecule has 0 saturated heterocycles. The quantitative estimate of drug-likeness (QED) is 0.577. The summed E-state index contributed by atoms with van der Waals surface area (Å²) in [6.45, 7) is 7.13. The number of hydrogen-bond donors (Lipinski definition) is 0. The number of carbonyl (C=O) groups is 1. The molecule has 2 heteroatoms. The summed E-state index contributed by atoms with van der Waals surface area (Å²) in [4.78, 5) is 10.6. The highest BCUT2D eigenvalue weighted by Crippen LogP contribution is 1.96. The van der Waals surface area contributed by atoms with Crippen LogP contribution in [0.1, 0.15) is 27.7 Å². The summed E-state index contributed by atoms with van der Waals surface area (Å²) < 4.78 is 5.16. The Morgan fingerprint density at radius 1 is 1.33 bits per heavy atom. The lowest BCUT2D eigenvalue weighted by molar-refractivity contribution is -0.129. The highest BCUT2D eigenvalue weighted by atomic mass is 16.5. The van der Waals surface area contributed by atoms with E-state index < -0.39 is 0 Å². The molecule has 0 aromatic heterocycles. The first kappa shape index (κ1) is 8.63. The Kier molecular flexibility index (Phi) is 3.47. The van der Waals surface area contributed by atoms with E-state index in [0.29, 0.717) is 0 Å². The highest BCUT2D eigenvalue weighted by molar-refractivity contribution is 5.79. The van der Waals surface area contributed by atoms with E-state index in [1.165, 1.54) is 6.92 Å². The van der Waals surface area contributed by atoms with E-state index in [-0.39, 0.29) is 18.0 Å². The molecule has 0 bridgehead atoms. The molecule has 0 aliphatic heterocycles. The molecule has 2 nitrogen and oxygen atoms in total. The minimum Gasteiger partial charge on any atom is -0.368 e. The molecule has 0 heterocycles. The largest absolute Gasteiger partial charge is 0.368 e. The molecule has 0 radical (unpaired) electrons. The van der Waals surface area contributed by atoms with Crippen LogP contribution in [-0.2, 0) is 9.53 Å². The molecule has 0 rings (SSSR count). The van der Waals surface area contributed by atoms with Gasteiger partial charge in [0.05, 0.1) is 6.10 Å². The number of carbonyl (C=O) groups excluding carboxylic acids is 1. The minimum atomic E-state index is -0.245. The van der Waals surface area contributed by atoms with Gasteiger partial charge in [0.2, 0.25) is 0 Å². The maximum Gasteiger partial charge on any atom is 0.158 e. The third-order valence-electron chi connectivity index (χ3n) is 1.05. The molecule has 0 aliphatic carbocycles. The Balaban J connectivity index is 3.50. The van der Waals surface area contributed by atoms with Gasteiger partial charge in [0.15, 0.2) is 5.78 Å². The van der Waals surface area contributed by atoms with Crippen molar-refractivity contribution in [1.82, 2.24) is 0 Å². The van der Waals surface area contributed by atoms with E-state index in [2.05, 4.69) is 0 Å². The lowest BCUT2D eigenvalue weighted by Crippen LogP contribution is -2.21. The summed E-state index contributed by atoms with van der Waals surface area (Å²) in [6.07, 6.45) is -0.103. The van der Waals surface area contributed by atoms with Gasteiger partial charge in [-0.2, -0.15) is 0 Å². The Morgan fingerprint density at radius 2 is 1.78 bits per heavy atom. The zero-order valence-corrected chi connectivity index (χ0v) is 6.47. The van der Waals surface area contributed by atoms with E-state index >= 15 is 0 Å². The lowest BCUT2D eigenvalue weighted by atomic mass is 10.3. The maximum absolute atomic E-state index is 10.6. The summed E-state index contributed by atoms with van der Waals surface area (Å²) in [7, 11) is 0. The first-order valence-electron chi connectivity index (χ1n) is 3.20. The summed E-state index contributed by atoms with van der Waals surface area (Å²) in [5.41, 5.74) is 0. The number of hydrogen-bond acceptors (Lipinski definition) is 2. The number of Topliss-reactive ketones (excluding diaryl/α,β-unsaturated/α-hetero) is 1. The second-order valence-corrected chi connectivity index (χ2v) is 2.44. The van der Waals surface area contributed by atoms with Crippen LogP contribution in [-0.4, -0.2) is 18.0 Å². The van der Waals surface area contributed by atoms with Crippen molar-refractivity contribution in [2.45, 2.75) is 39.9 Å². The summed E-state index contributed by atoms with van der Waals surface area (Å²) >= 11 is 0. The third kappa shape index (κ3) is 4.15. The van der Waals surface area contributed by atoms with Crippen LogP contribution in [0.4, 0.5) is 0 Å². The predicted molar refractivity (Wildman–Crippen MR) is 36.4 cm³/mol. The topological polar surface area (TPSA) is 26.3 Å². The van der Waals surface area contributed by atoms with Gasteiger partial charge in [0.25, 0.3) is 0 Å². The molecule has 0 amide bonds. The first-order chi connectivity index (χ1) is 4.04. The van der Waals surface area contributed by atoms with Gasteiger partial charge in [-0.05, 0) is 27.7 Å². The standard InChI is InChI=1S/C7H14O2/c1-5(2)9-7(4)6(3)8/h5,7H,1-4H3/t7-/m0/s1. The molecular weight excluding hydrogens is 116 g/mol. The molecular formula is C7H14O2. The fourth-order valence-electron chi connectivity index (χ4n) is 0.504.